The van der Waals surface area contributed by atoms with Crippen LogP contribution in [0, 0.1) is 5.82 Å². The number of rotatable bonds is 5. The smallest absolute Gasteiger partial charge is 0.410 e. The number of fused-ring (bicyclic) bond motifs is 4. The highest BCUT2D eigenvalue weighted by molar-refractivity contribution is 5.92. The molecule has 0 spiro atoms. The highest BCUT2D eigenvalue weighted by Crippen LogP contribution is 2.41. The summed E-state index contributed by atoms with van der Waals surface area (Å²) in [7, 11) is 0. The largest absolute Gasteiger partial charge is 0.507 e. The standard InChI is InChI=1S/C32H39FN6O4/c1-31(2,3)43-30(41)39-20-10-11-21(39)18-37(17-20)28-23-16-34-26(22-8-4-5-9-24(22)40)25(33)27(23)35-29(36-28)42-19-32-12-6-14-38(32)15-7-13-32/h4-5,8-9,16,20-21,40H,6-7,10-15,17-19H2,1-3H3/t20-,21+. The van der Waals surface area contributed by atoms with Crippen LogP contribution < -0.4 is 9.64 Å². The molecule has 11 heteroatoms. The fraction of sp³-hybridized carbons (Fsp3) is 0.562. The molecule has 1 amide bonds. The molecule has 4 aliphatic rings. The van der Waals surface area contributed by atoms with Gasteiger partial charge in [0.05, 0.1) is 23.0 Å². The van der Waals surface area contributed by atoms with Crippen molar-refractivity contribution >= 4 is 22.8 Å². The van der Waals surface area contributed by atoms with Crippen molar-refractivity contribution in [3.05, 3.63) is 36.3 Å². The van der Waals surface area contributed by atoms with Gasteiger partial charge in [-0.25, -0.2) is 9.18 Å². The summed E-state index contributed by atoms with van der Waals surface area (Å²) in [5.41, 5.74) is -0.186. The SMILES string of the molecule is CC(C)(C)OC(=O)N1[C@@H]2CC[C@H]1CN(c1nc(OCC34CCCN3CCC4)nc3c(F)c(-c4ccccc4O)ncc13)C2. The van der Waals surface area contributed by atoms with Crippen LogP contribution in [-0.4, -0.2) is 92.0 Å². The summed E-state index contributed by atoms with van der Waals surface area (Å²) < 4.78 is 28.3. The Morgan fingerprint density at radius 3 is 2.47 bits per heavy atom. The number of aromatic hydroxyl groups is 1. The van der Waals surface area contributed by atoms with E-state index in [-0.39, 0.29) is 46.7 Å². The molecule has 228 valence electrons. The van der Waals surface area contributed by atoms with Crippen molar-refractivity contribution in [1.82, 2.24) is 24.8 Å². The van der Waals surface area contributed by atoms with E-state index in [0.29, 0.717) is 36.5 Å². The first kappa shape index (κ1) is 28.1. The molecule has 3 aromatic rings. The third-order valence-corrected chi connectivity index (χ3v) is 9.47. The van der Waals surface area contributed by atoms with E-state index < -0.39 is 11.4 Å². The lowest BCUT2D eigenvalue weighted by Crippen LogP contribution is -2.57. The summed E-state index contributed by atoms with van der Waals surface area (Å²) in [6, 6.07) is 6.59. The van der Waals surface area contributed by atoms with Crippen molar-refractivity contribution in [2.75, 3.05) is 37.7 Å². The Bertz CT molecular complexity index is 1540. The number of phenols is 1. The van der Waals surface area contributed by atoms with Crippen LogP contribution in [0.4, 0.5) is 15.0 Å². The second-order valence-corrected chi connectivity index (χ2v) is 13.4. The summed E-state index contributed by atoms with van der Waals surface area (Å²) >= 11 is 0. The first-order valence-electron chi connectivity index (χ1n) is 15.4. The predicted molar refractivity (Wildman–Crippen MR) is 160 cm³/mol. The second kappa shape index (κ2) is 10.5. The number of pyridine rings is 1. The maximum Gasteiger partial charge on any atom is 0.410 e. The fourth-order valence-electron chi connectivity index (χ4n) is 7.54. The summed E-state index contributed by atoms with van der Waals surface area (Å²) in [6.45, 7) is 9.28. The van der Waals surface area contributed by atoms with E-state index in [1.165, 1.54) is 6.07 Å². The van der Waals surface area contributed by atoms with Gasteiger partial charge >= 0.3 is 12.1 Å². The van der Waals surface area contributed by atoms with Gasteiger partial charge in [0.2, 0.25) is 0 Å². The first-order chi connectivity index (χ1) is 20.6. The maximum absolute atomic E-state index is 16.3. The molecular formula is C32H39FN6O4. The molecule has 0 radical (unpaired) electrons. The number of hydrogen-bond acceptors (Lipinski definition) is 9. The van der Waals surface area contributed by atoms with Gasteiger partial charge in [0.1, 0.15) is 35.0 Å². The van der Waals surface area contributed by atoms with E-state index in [9.17, 15) is 9.90 Å². The number of hydrogen-bond donors (Lipinski definition) is 1. The van der Waals surface area contributed by atoms with E-state index in [0.717, 1.165) is 51.6 Å². The molecule has 0 aliphatic carbocycles. The molecular weight excluding hydrogens is 551 g/mol. The van der Waals surface area contributed by atoms with E-state index >= 15 is 4.39 Å². The van der Waals surface area contributed by atoms with Crippen LogP contribution in [0.3, 0.4) is 0 Å². The average molecular weight is 591 g/mol. The molecule has 2 bridgehead atoms. The van der Waals surface area contributed by atoms with Crippen molar-refractivity contribution in [3.63, 3.8) is 0 Å². The molecule has 10 nitrogen and oxygen atoms in total. The van der Waals surface area contributed by atoms with E-state index in [4.69, 9.17) is 14.5 Å². The van der Waals surface area contributed by atoms with Crippen LogP contribution in [0.15, 0.2) is 30.5 Å². The topological polar surface area (TPSA) is 104 Å². The third-order valence-electron chi connectivity index (χ3n) is 9.47. The van der Waals surface area contributed by atoms with Gasteiger partial charge in [-0.3, -0.25) is 14.8 Å². The Balaban J connectivity index is 1.26. The Hall–Kier alpha value is -3.73. The van der Waals surface area contributed by atoms with Crippen LogP contribution in [0.2, 0.25) is 0 Å². The summed E-state index contributed by atoms with van der Waals surface area (Å²) in [4.78, 5) is 33.5. The molecule has 4 saturated heterocycles. The molecule has 6 heterocycles. The molecule has 7 rings (SSSR count). The predicted octanol–water partition coefficient (Wildman–Crippen LogP) is 5.13. The summed E-state index contributed by atoms with van der Waals surface area (Å²) in [5.74, 6) is -0.150. The van der Waals surface area contributed by atoms with Crippen LogP contribution in [0.5, 0.6) is 11.8 Å². The minimum atomic E-state index is -0.635. The average Bonchev–Trinajstić information content (AvgIpc) is 3.62. The zero-order valence-electron chi connectivity index (χ0n) is 25.1. The third kappa shape index (κ3) is 5.01. The molecule has 1 N–H and O–H groups in total. The van der Waals surface area contributed by atoms with Crippen molar-refractivity contribution in [1.29, 1.82) is 0 Å². The molecule has 4 fully saturated rings. The van der Waals surface area contributed by atoms with Crippen molar-refractivity contribution in [2.24, 2.45) is 0 Å². The number of phenolic OH excluding ortho intramolecular Hbond substituents is 1. The van der Waals surface area contributed by atoms with Crippen LogP contribution >= 0.6 is 0 Å². The quantitative estimate of drug-likeness (QED) is 0.433. The molecule has 2 aromatic heterocycles. The number of piperazine rings is 1. The number of carbonyl (C=O) groups excluding carboxylic acids is 1. The van der Waals surface area contributed by atoms with Crippen molar-refractivity contribution in [3.8, 4) is 23.0 Å². The Kier molecular flexibility index (Phi) is 6.83. The van der Waals surface area contributed by atoms with Gasteiger partial charge in [-0.05, 0) is 84.5 Å². The van der Waals surface area contributed by atoms with Gasteiger partial charge in [-0.2, -0.15) is 9.97 Å². The van der Waals surface area contributed by atoms with Gasteiger partial charge in [0.25, 0.3) is 0 Å². The van der Waals surface area contributed by atoms with E-state index in [2.05, 4.69) is 19.8 Å². The Labute approximate surface area is 250 Å². The zero-order valence-corrected chi connectivity index (χ0v) is 25.1. The Morgan fingerprint density at radius 1 is 1.09 bits per heavy atom. The number of amides is 1. The number of aromatic nitrogens is 3. The lowest BCUT2D eigenvalue weighted by atomic mass is 9.95. The molecule has 2 atom stereocenters. The lowest BCUT2D eigenvalue weighted by Gasteiger charge is -2.42. The van der Waals surface area contributed by atoms with Gasteiger partial charge < -0.3 is 19.5 Å². The minimum Gasteiger partial charge on any atom is -0.507 e. The minimum absolute atomic E-state index is 0.0194. The number of benzene rings is 1. The number of anilines is 1. The molecule has 4 aliphatic heterocycles. The van der Waals surface area contributed by atoms with Crippen LogP contribution in [0.25, 0.3) is 22.2 Å². The monoisotopic (exact) mass is 590 g/mol. The van der Waals surface area contributed by atoms with E-state index in [1.807, 2.05) is 25.7 Å². The highest BCUT2D eigenvalue weighted by atomic mass is 19.1. The molecule has 43 heavy (non-hydrogen) atoms. The van der Waals surface area contributed by atoms with Crippen LogP contribution in [0.1, 0.15) is 59.3 Å². The Morgan fingerprint density at radius 2 is 1.79 bits per heavy atom. The van der Waals surface area contributed by atoms with Crippen molar-refractivity contribution in [2.45, 2.75) is 82.5 Å². The molecule has 0 unspecified atom stereocenters. The van der Waals surface area contributed by atoms with Crippen LogP contribution in [-0.2, 0) is 4.74 Å². The first-order valence-corrected chi connectivity index (χ1v) is 15.4. The number of ether oxygens (including phenoxy) is 2. The fourth-order valence-corrected chi connectivity index (χ4v) is 7.54. The summed E-state index contributed by atoms with van der Waals surface area (Å²) in [5, 5.41) is 10.9. The lowest BCUT2D eigenvalue weighted by molar-refractivity contribution is 0.0122. The maximum atomic E-state index is 16.3. The second-order valence-electron chi connectivity index (χ2n) is 13.4. The summed E-state index contributed by atoms with van der Waals surface area (Å²) in [6.07, 6.45) is 7.41. The number of carbonyl (C=O) groups is 1. The highest BCUT2D eigenvalue weighted by Gasteiger charge is 2.46. The number of para-hydroxylation sites is 1. The normalized spacial score (nSPS) is 23.2. The number of halogens is 1. The van der Waals surface area contributed by atoms with E-state index in [1.54, 1.807) is 24.4 Å². The van der Waals surface area contributed by atoms with Crippen molar-refractivity contribution < 1.29 is 23.8 Å². The molecule has 0 saturated carbocycles. The van der Waals surface area contributed by atoms with Gasteiger partial charge in [0, 0.05) is 24.8 Å². The van der Waals surface area contributed by atoms with Gasteiger partial charge in [0.15, 0.2) is 5.82 Å². The van der Waals surface area contributed by atoms with Gasteiger partial charge in [-0.15, -0.1) is 0 Å². The molecule has 1 aromatic carbocycles. The number of nitrogens with zero attached hydrogens (tertiary/aromatic N) is 6. The van der Waals surface area contributed by atoms with Gasteiger partial charge in [-0.1, -0.05) is 12.1 Å². The zero-order chi connectivity index (χ0) is 29.9.